The summed E-state index contributed by atoms with van der Waals surface area (Å²) in [5, 5.41) is 10.1. The van der Waals surface area contributed by atoms with Crippen molar-refractivity contribution in [2.45, 2.75) is 32.4 Å². The summed E-state index contributed by atoms with van der Waals surface area (Å²) in [7, 11) is 0. The third kappa shape index (κ3) is 3.84. The summed E-state index contributed by atoms with van der Waals surface area (Å²) in [6.07, 6.45) is 4.30. The first-order valence-corrected chi connectivity index (χ1v) is 7.35. The number of hydrogen-bond donors (Lipinski definition) is 2. The predicted octanol–water partition coefficient (Wildman–Crippen LogP) is 2.85. The van der Waals surface area contributed by atoms with E-state index in [1.165, 1.54) is 18.4 Å². The lowest BCUT2D eigenvalue weighted by molar-refractivity contribution is 0.248. The number of urea groups is 1. The van der Waals surface area contributed by atoms with Crippen molar-refractivity contribution in [2.75, 3.05) is 5.32 Å². The minimum absolute atomic E-state index is 0.181. The molecule has 1 heterocycles. The number of hydrogen-bond acceptors (Lipinski definition) is 2. The number of carbonyl (C=O) groups is 1. The van der Waals surface area contributed by atoms with Crippen LogP contribution in [-0.2, 0) is 6.54 Å². The van der Waals surface area contributed by atoms with Crippen LogP contribution in [0.3, 0.4) is 0 Å². The van der Waals surface area contributed by atoms with Crippen LogP contribution in [0.15, 0.2) is 42.6 Å². The second-order valence-corrected chi connectivity index (χ2v) is 5.61. The Labute approximate surface area is 124 Å². The van der Waals surface area contributed by atoms with Crippen molar-refractivity contribution < 1.29 is 4.79 Å². The zero-order valence-electron chi connectivity index (χ0n) is 12.1. The van der Waals surface area contributed by atoms with Crippen LogP contribution >= 0.6 is 0 Å². The molecule has 1 aliphatic carbocycles. The van der Waals surface area contributed by atoms with Crippen LogP contribution in [-0.4, -0.2) is 21.9 Å². The molecule has 0 spiro atoms. The van der Waals surface area contributed by atoms with E-state index >= 15 is 0 Å². The van der Waals surface area contributed by atoms with Gasteiger partial charge in [0.05, 0.1) is 6.54 Å². The maximum atomic E-state index is 11.9. The van der Waals surface area contributed by atoms with Crippen molar-refractivity contribution in [3.8, 4) is 0 Å². The molecule has 1 saturated carbocycles. The van der Waals surface area contributed by atoms with Gasteiger partial charge >= 0.3 is 6.03 Å². The van der Waals surface area contributed by atoms with E-state index in [9.17, 15) is 4.79 Å². The number of anilines is 1. The Balaban J connectivity index is 1.53. The van der Waals surface area contributed by atoms with E-state index in [1.807, 2.05) is 42.1 Å². The number of rotatable bonds is 5. The molecular weight excluding hydrogens is 264 g/mol. The van der Waals surface area contributed by atoms with Gasteiger partial charge in [-0.2, -0.15) is 5.10 Å². The Morgan fingerprint density at radius 3 is 2.81 bits per heavy atom. The molecule has 0 radical (unpaired) electrons. The highest BCUT2D eigenvalue weighted by molar-refractivity contribution is 5.88. The largest absolute Gasteiger partial charge is 0.335 e. The molecule has 21 heavy (non-hydrogen) atoms. The normalized spacial score (nSPS) is 15.5. The fraction of sp³-hybridized carbons (Fsp3) is 0.375. The smallest absolute Gasteiger partial charge is 0.320 e. The van der Waals surface area contributed by atoms with E-state index in [1.54, 1.807) is 0 Å². The molecule has 1 aromatic carbocycles. The Morgan fingerprint density at radius 1 is 1.33 bits per heavy atom. The molecule has 5 nitrogen and oxygen atoms in total. The maximum absolute atomic E-state index is 11.9. The molecular formula is C16H20N4O. The fourth-order valence-corrected chi connectivity index (χ4v) is 2.36. The summed E-state index contributed by atoms with van der Waals surface area (Å²) in [6, 6.07) is 12.0. The highest BCUT2D eigenvalue weighted by atomic mass is 16.2. The summed E-state index contributed by atoms with van der Waals surface area (Å²) in [5.74, 6) is 1.22. The molecule has 0 bridgehead atoms. The summed E-state index contributed by atoms with van der Waals surface area (Å²) in [4.78, 5) is 11.9. The van der Waals surface area contributed by atoms with Gasteiger partial charge in [0, 0.05) is 18.3 Å². The number of nitrogens with one attached hydrogen (secondary N) is 2. The van der Waals surface area contributed by atoms with Gasteiger partial charge in [-0.05, 0) is 31.2 Å². The van der Waals surface area contributed by atoms with Crippen molar-refractivity contribution in [1.29, 1.82) is 0 Å². The van der Waals surface area contributed by atoms with Gasteiger partial charge in [-0.15, -0.1) is 0 Å². The van der Waals surface area contributed by atoms with E-state index in [0.717, 1.165) is 0 Å². The third-order valence-electron chi connectivity index (χ3n) is 3.76. The number of amides is 2. The summed E-state index contributed by atoms with van der Waals surface area (Å²) >= 11 is 0. The quantitative estimate of drug-likeness (QED) is 0.887. The van der Waals surface area contributed by atoms with Crippen LogP contribution in [0.4, 0.5) is 10.6 Å². The van der Waals surface area contributed by atoms with Crippen molar-refractivity contribution in [3.05, 3.63) is 48.2 Å². The molecule has 110 valence electrons. The summed E-state index contributed by atoms with van der Waals surface area (Å²) < 4.78 is 1.81. The zero-order chi connectivity index (χ0) is 14.7. The van der Waals surface area contributed by atoms with Crippen LogP contribution in [0.2, 0.25) is 0 Å². The molecule has 2 amide bonds. The van der Waals surface area contributed by atoms with E-state index in [-0.39, 0.29) is 12.1 Å². The van der Waals surface area contributed by atoms with Crippen LogP contribution < -0.4 is 10.6 Å². The van der Waals surface area contributed by atoms with Crippen molar-refractivity contribution in [1.82, 2.24) is 15.1 Å². The van der Waals surface area contributed by atoms with Crippen LogP contribution in [0, 0.1) is 5.92 Å². The SMILES string of the molecule is C[C@H](NC(=O)Nc1ccn(Cc2ccccc2)n1)C1CC1. The highest BCUT2D eigenvalue weighted by Crippen LogP contribution is 2.32. The summed E-state index contributed by atoms with van der Waals surface area (Å²) in [6.45, 7) is 2.74. The maximum Gasteiger partial charge on any atom is 0.320 e. The van der Waals surface area contributed by atoms with Gasteiger partial charge in [0.25, 0.3) is 0 Å². The molecule has 2 N–H and O–H groups in total. The number of aromatic nitrogens is 2. The lowest BCUT2D eigenvalue weighted by Crippen LogP contribution is -2.37. The fourth-order valence-electron chi connectivity index (χ4n) is 2.36. The van der Waals surface area contributed by atoms with Crippen LogP contribution in [0.25, 0.3) is 0 Å². The predicted molar refractivity (Wildman–Crippen MR) is 82.1 cm³/mol. The lowest BCUT2D eigenvalue weighted by atomic mass is 10.2. The van der Waals surface area contributed by atoms with Crippen LogP contribution in [0.1, 0.15) is 25.3 Å². The van der Waals surface area contributed by atoms with Crippen LogP contribution in [0.5, 0.6) is 0 Å². The zero-order valence-corrected chi connectivity index (χ0v) is 12.1. The lowest BCUT2D eigenvalue weighted by Gasteiger charge is -2.12. The molecule has 0 saturated heterocycles. The molecule has 3 rings (SSSR count). The Bertz CT molecular complexity index is 604. The second-order valence-electron chi connectivity index (χ2n) is 5.61. The first-order chi connectivity index (χ1) is 10.2. The molecule has 1 aliphatic rings. The Kier molecular flexibility index (Phi) is 3.90. The van der Waals surface area contributed by atoms with Gasteiger partial charge in [0.1, 0.15) is 0 Å². The van der Waals surface area contributed by atoms with E-state index < -0.39 is 0 Å². The van der Waals surface area contributed by atoms with Gasteiger partial charge in [0.2, 0.25) is 0 Å². The van der Waals surface area contributed by atoms with Crippen molar-refractivity contribution >= 4 is 11.8 Å². The molecule has 1 atom stereocenters. The van der Waals surface area contributed by atoms with E-state index in [4.69, 9.17) is 0 Å². The topological polar surface area (TPSA) is 59.0 Å². The van der Waals surface area contributed by atoms with E-state index in [2.05, 4.69) is 27.9 Å². The number of benzene rings is 1. The molecule has 1 aromatic heterocycles. The van der Waals surface area contributed by atoms with Gasteiger partial charge in [-0.25, -0.2) is 4.79 Å². The Morgan fingerprint density at radius 2 is 2.10 bits per heavy atom. The van der Waals surface area contributed by atoms with Gasteiger partial charge in [-0.3, -0.25) is 10.00 Å². The average molecular weight is 284 g/mol. The second kappa shape index (κ2) is 5.99. The minimum Gasteiger partial charge on any atom is -0.335 e. The molecule has 0 unspecified atom stereocenters. The number of carbonyl (C=O) groups excluding carboxylic acids is 1. The first-order valence-electron chi connectivity index (χ1n) is 7.35. The van der Waals surface area contributed by atoms with E-state index in [0.29, 0.717) is 18.3 Å². The molecule has 0 aliphatic heterocycles. The van der Waals surface area contributed by atoms with Gasteiger partial charge in [-0.1, -0.05) is 30.3 Å². The molecule has 2 aromatic rings. The minimum atomic E-state index is -0.181. The number of nitrogens with zero attached hydrogens (tertiary/aromatic N) is 2. The van der Waals surface area contributed by atoms with Crippen molar-refractivity contribution in [3.63, 3.8) is 0 Å². The highest BCUT2D eigenvalue weighted by Gasteiger charge is 2.28. The molecule has 5 heteroatoms. The average Bonchev–Trinajstić information content (AvgIpc) is 3.23. The van der Waals surface area contributed by atoms with Gasteiger partial charge < -0.3 is 5.32 Å². The summed E-state index contributed by atoms with van der Waals surface area (Å²) in [5.41, 5.74) is 1.18. The first kappa shape index (κ1) is 13.7. The Hall–Kier alpha value is -2.30. The molecule has 1 fully saturated rings. The van der Waals surface area contributed by atoms with Gasteiger partial charge in [0.15, 0.2) is 5.82 Å². The standard InChI is InChI=1S/C16H20N4O/c1-12(14-7-8-14)17-16(21)18-15-9-10-20(19-15)11-13-5-3-2-4-6-13/h2-6,9-10,12,14H,7-8,11H2,1H3,(H2,17,18,19,21)/t12-/m0/s1. The monoisotopic (exact) mass is 284 g/mol. The third-order valence-corrected chi connectivity index (χ3v) is 3.76. The van der Waals surface area contributed by atoms with Crippen molar-refractivity contribution in [2.24, 2.45) is 5.92 Å².